The number of halogens is 2. The minimum atomic E-state index is -0.194. The quantitative estimate of drug-likeness (QED) is 0.906. The second kappa shape index (κ2) is 5.16. The van der Waals surface area contributed by atoms with E-state index in [1.165, 1.54) is 4.90 Å². The molecule has 0 spiro atoms. The molecule has 1 heterocycles. The lowest BCUT2D eigenvalue weighted by atomic mass is 10.3. The largest absolute Gasteiger partial charge is 0.330 e. The van der Waals surface area contributed by atoms with Gasteiger partial charge in [0.25, 0.3) is 0 Å². The first-order chi connectivity index (χ1) is 8.52. The van der Waals surface area contributed by atoms with Gasteiger partial charge in [-0.2, -0.15) is 0 Å². The standard InChI is InChI=1S/C12H13Cl2N3O/c1-2-3-16-7-11(15)17(12(16)18)10-5-8(13)4-9(14)6-10/h4-6,15H,2-3,7H2,1H3. The average molecular weight is 286 g/mol. The van der Waals surface area contributed by atoms with Crippen LogP contribution in [0.3, 0.4) is 0 Å². The lowest BCUT2D eigenvalue weighted by Crippen LogP contribution is -2.33. The average Bonchev–Trinajstić information content (AvgIpc) is 2.53. The van der Waals surface area contributed by atoms with Crippen molar-refractivity contribution in [3.05, 3.63) is 28.2 Å². The Morgan fingerprint density at radius 2 is 1.89 bits per heavy atom. The molecule has 96 valence electrons. The molecule has 0 aromatic heterocycles. The number of carbonyl (C=O) groups excluding carboxylic acids is 1. The van der Waals surface area contributed by atoms with Gasteiger partial charge in [-0.05, 0) is 24.6 Å². The Balaban J connectivity index is 2.32. The van der Waals surface area contributed by atoms with Crippen molar-refractivity contribution in [3.8, 4) is 0 Å². The molecule has 18 heavy (non-hydrogen) atoms. The smallest absolute Gasteiger partial charge is 0.317 e. The predicted molar refractivity (Wildman–Crippen MR) is 73.9 cm³/mol. The number of benzene rings is 1. The van der Waals surface area contributed by atoms with E-state index in [0.29, 0.717) is 28.8 Å². The summed E-state index contributed by atoms with van der Waals surface area (Å²) in [6.45, 7) is 2.97. The molecule has 1 saturated heterocycles. The van der Waals surface area contributed by atoms with Crippen LogP contribution in [0.25, 0.3) is 0 Å². The molecule has 0 radical (unpaired) electrons. The molecular formula is C12H13Cl2N3O. The van der Waals surface area contributed by atoms with Crippen LogP contribution in [0.5, 0.6) is 0 Å². The van der Waals surface area contributed by atoms with Crippen molar-refractivity contribution in [2.75, 3.05) is 18.0 Å². The Kier molecular flexibility index (Phi) is 3.78. The molecule has 0 aliphatic carbocycles. The van der Waals surface area contributed by atoms with Gasteiger partial charge in [0.15, 0.2) is 0 Å². The van der Waals surface area contributed by atoms with Gasteiger partial charge >= 0.3 is 6.03 Å². The number of urea groups is 1. The zero-order chi connectivity index (χ0) is 13.3. The molecule has 1 aliphatic rings. The lowest BCUT2D eigenvalue weighted by molar-refractivity contribution is 0.221. The van der Waals surface area contributed by atoms with Crippen LogP contribution >= 0.6 is 23.2 Å². The highest BCUT2D eigenvalue weighted by atomic mass is 35.5. The molecule has 2 rings (SSSR count). The first kappa shape index (κ1) is 13.2. The predicted octanol–water partition coefficient (Wildman–Crippen LogP) is 3.62. The second-order valence-electron chi connectivity index (χ2n) is 4.11. The number of amidine groups is 1. The maximum Gasteiger partial charge on any atom is 0.330 e. The van der Waals surface area contributed by atoms with Gasteiger partial charge in [-0.1, -0.05) is 30.1 Å². The van der Waals surface area contributed by atoms with E-state index in [2.05, 4.69) is 0 Å². The highest BCUT2D eigenvalue weighted by Gasteiger charge is 2.34. The fourth-order valence-electron chi connectivity index (χ4n) is 1.96. The summed E-state index contributed by atoms with van der Waals surface area (Å²) >= 11 is 11.8. The van der Waals surface area contributed by atoms with Gasteiger partial charge in [-0.15, -0.1) is 0 Å². The fraction of sp³-hybridized carbons (Fsp3) is 0.333. The van der Waals surface area contributed by atoms with Crippen LogP contribution in [-0.2, 0) is 0 Å². The Morgan fingerprint density at radius 3 is 2.44 bits per heavy atom. The molecule has 2 amide bonds. The summed E-state index contributed by atoms with van der Waals surface area (Å²) < 4.78 is 0. The van der Waals surface area contributed by atoms with Crippen LogP contribution in [0.4, 0.5) is 10.5 Å². The number of hydrogen-bond donors (Lipinski definition) is 1. The SMILES string of the molecule is CCCN1CC(=N)N(c2cc(Cl)cc(Cl)c2)C1=O. The van der Waals surface area contributed by atoms with Gasteiger partial charge in [-0.3, -0.25) is 5.41 Å². The first-order valence-electron chi connectivity index (χ1n) is 5.65. The van der Waals surface area contributed by atoms with Crippen molar-refractivity contribution < 1.29 is 4.79 Å². The van der Waals surface area contributed by atoms with Crippen molar-refractivity contribution in [2.45, 2.75) is 13.3 Å². The monoisotopic (exact) mass is 285 g/mol. The summed E-state index contributed by atoms with van der Waals surface area (Å²) in [5.74, 6) is 0.242. The van der Waals surface area contributed by atoms with E-state index in [1.54, 1.807) is 23.1 Å². The number of rotatable bonds is 3. The summed E-state index contributed by atoms with van der Waals surface area (Å²) in [5, 5.41) is 8.80. The molecule has 0 saturated carbocycles. The van der Waals surface area contributed by atoms with Crippen LogP contribution in [0, 0.1) is 5.41 Å². The van der Waals surface area contributed by atoms with Gasteiger partial charge in [0.1, 0.15) is 5.84 Å². The van der Waals surface area contributed by atoms with E-state index >= 15 is 0 Å². The van der Waals surface area contributed by atoms with Crippen molar-refractivity contribution in [3.63, 3.8) is 0 Å². The van der Waals surface area contributed by atoms with Crippen LogP contribution < -0.4 is 4.90 Å². The number of hydrogen-bond acceptors (Lipinski definition) is 2. The zero-order valence-corrected chi connectivity index (χ0v) is 11.4. The summed E-state index contributed by atoms with van der Waals surface area (Å²) in [6, 6.07) is 4.67. The first-order valence-corrected chi connectivity index (χ1v) is 6.41. The van der Waals surface area contributed by atoms with Crippen LogP contribution in [0.2, 0.25) is 10.0 Å². The normalized spacial score (nSPS) is 15.7. The van der Waals surface area contributed by atoms with E-state index < -0.39 is 0 Å². The highest BCUT2D eigenvalue weighted by Crippen LogP contribution is 2.28. The van der Waals surface area contributed by atoms with E-state index in [1.807, 2.05) is 6.92 Å². The van der Waals surface area contributed by atoms with Crippen molar-refractivity contribution in [2.24, 2.45) is 0 Å². The number of nitrogens with one attached hydrogen (secondary N) is 1. The summed E-state index contributed by atoms with van der Waals surface area (Å²) in [4.78, 5) is 15.1. The molecule has 1 aromatic carbocycles. The van der Waals surface area contributed by atoms with E-state index in [4.69, 9.17) is 28.6 Å². The zero-order valence-electron chi connectivity index (χ0n) is 9.91. The third-order valence-electron chi connectivity index (χ3n) is 2.67. The number of amides is 2. The topological polar surface area (TPSA) is 47.4 Å². The number of nitrogens with zero attached hydrogens (tertiary/aromatic N) is 2. The molecule has 6 heteroatoms. The summed E-state index contributed by atoms with van der Waals surface area (Å²) in [7, 11) is 0. The lowest BCUT2D eigenvalue weighted by Gasteiger charge is -2.17. The van der Waals surface area contributed by atoms with Gasteiger partial charge < -0.3 is 4.90 Å². The van der Waals surface area contributed by atoms with Crippen molar-refractivity contribution >= 4 is 40.8 Å². The minimum absolute atomic E-state index is 0.194. The third kappa shape index (κ3) is 2.44. The van der Waals surface area contributed by atoms with Gasteiger partial charge in [0.05, 0.1) is 12.2 Å². The van der Waals surface area contributed by atoms with Gasteiger partial charge in [-0.25, -0.2) is 9.69 Å². The van der Waals surface area contributed by atoms with Crippen molar-refractivity contribution in [1.82, 2.24) is 4.90 Å². The summed E-state index contributed by atoms with van der Waals surface area (Å²) in [6.07, 6.45) is 0.864. The Hall–Kier alpha value is -1.26. The van der Waals surface area contributed by atoms with E-state index in [9.17, 15) is 4.79 Å². The molecule has 1 aromatic rings. The minimum Gasteiger partial charge on any atom is -0.317 e. The number of anilines is 1. The van der Waals surface area contributed by atoms with E-state index in [0.717, 1.165) is 6.42 Å². The van der Waals surface area contributed by atoms with Crippen LogP contribution in [0.15, 0.2) is 18.2 Å². The van der Waals surface area contributed by atoms with Gasteiger partial charge in [0.2, 0.25) is 0 Å². The molecule has 1 N–H and O–H groups in total. The molecule has 4 nitrogen and oxygen atoms in total. The number of carbonyl (C=O) groups is 1. The molecule has 0 unspecified atom stereocenters. The van der Waals surface area contributed by atoms with Crippen LogP contribution in [0.1, 0.15) is 13.3 Å². The molecule has 0 bridgehead atoms. The maximum atomic E-state index is 12.2. The maximum absolute atomic E-state index is 12.2. The fourth-order valence-corrected chi connectivity index (χ4v) is 2.47. The van der Waals surface area contributed by atoms with Gasteiger partial charge in [0, 0.05) is 16.6 Å². The Bertz CT molecular complexity index is 484. The molecular weight excluding hydrogens is 273 g/mol. The Morgan fingerprint density at radius 1 is 1.28 bits per heavy atom. The van der Waals surface area contributed by atoms with Crippen LogP contribution in [-0.4, -0.2) is 29.9 Å². The molecule has 0 atom stereocenters. The second-order valence-corrected chi connectivity index (χ2v) is 4.99. The highest BCUT2D eigenvalue weighted by molar-refractivity contribution is 6.35. The van der Waals surface area contributed by atoms with Crippen molar-refractivity contribution in [1.29, 1.82) is 5.41 Å². The summed E-state index contributed by atoms with van der Waals surface area (Å²) in [5.41, 5.74) is 0.543. The molecule has 1 aliphatic heterocycles. The van der Waals surface area contributed by atoms with E-state index in [-0.39, 0.29) is 11.9 Å². The third-order valence-corrected chi connectivity index (χ3v) is 3.11. The molecule has 1 fully saturated rings. The Labute approximate surface area is 116 Å².